The van der Waals surface area contributed by atoms with Crippen LogP contribution in [-0.2, 0) is 44.1 Å². The molecule has 5 atom stereocenters. The summed E-state index contributed by atoms with van der Waals surface area (Å²) in [6.07, 6.45) is -4.36. The van der Waals surface area contributed by atoms with E-state index in [0.29, 0.717) is 6.26 Å². The first kappa shape index (κ1) is 26.8. The maximum absolute atomic E-state index is 12.2. The van der Waals surface area contributed by atoms with Gasteiger partial charge in [-0.3, -0.25) is 18.9 Å². The quantitative estimate of drug-likeness (QED) is 0.0717. The van der Waals surface area contributed by atoms with Crippen LogP contribution in [0, 0.1) is 0 Å². The van der Waals surface area contributed by atoms with Crippen LogP contribution in [-0.4, -0.2) is 78.7 Å². The Morgan fingerprint density at radius 3 is 2.56 bits per heavy atom. The molecule has 1 unspecified atom stereocenters. The number of nitrogens with two attached hydrogens (primary N) is 1. The topological polar surface area (TPSA) is 287 Å². The summed E-state index contributed by atoms with van der Waals surface area (Å²) in [4.78, 5) is 45.2. The Balaban J connectivity index is 2.03. The Labute approximate surface area is 189 Å². The molecule has 192 valence electrons. The standard InChI is InChI=1S/C12H19N5O14P2S/c1-16-4-17(8-6(16)9(19)15-11(13)14-8)10-7(18)12(20,30-34(2,26)27)5(29-10)3-28-33(24,25)31-32(21,22)23/h4-5,7,10,18,20H,3H2,1-2H3,(H5-,13,14,15,19,21,22,23,24,25)/p+1/t5-,7+,10-,12+/m1/s1. The lowest BCUT2D eigenvalue weighted by Crippen LogP contribution is -2.55. The van der Waals surface area contributed by atoms with Crippen LogP contribution >= 0.6 is 15.6 Å². The molecule has 1 fully saturated rings. The third kappa shape index (κ3) is 5.54. The van der Waals surface area contributed by atoms with Gasteiger partial charge in [-0.25, -0.2) is 17.9 Å². The Hall–Kier alpha value is -1.80. The molecule has 1 aliphatic heterocycles. The van der Waals surface area contributed by atoms with Gasteiger partial charge in [0.25, 0.3) is 21.6 Å². The van der Waals surface area contributed by atoms with Crippen molar-refractivity contribution in [3.63, 3.8) is 0 Å². The molecular weight excluding hydrogens is 532 g/mol. The van der Waals surface area contributed by atoms with Crippen molar-refractivity contribution >= 4 is 42.9 Å². The van der Waals surface area contributed by atoms with Gasteiger partial charge in [0.1, 0.15) is 6.10 Å². The van der Waals surface area contributed by atoms with Gasteiger partial charge >= 0.3 is 21.3 Å². The number of aromatic amines is 1. The van der Waals surface area contributed by atoms with Gasteiger partial charge in [-0.15, -0.1) is 0 Å². The zero-order valence-corrected chi connectivity index (χ0v) is 19.8. The van der Waals surface area contributed by atoms with Crippen molar-refractivity contribution in [1.29, 1.82) is 0 Å². The zero-order valence-electron chi connectivity index (χ0n) is 17.1. The maximum Gasteiger partial charge on any atom is 0.481 e. The number of aryl methyl sites for hydroxylation is 1. The minimum Gasteiger partial charge on any atom is -0.381 e. The van der Waals surface area contributed by atoms with Crippen LogP contribution in [0.2, 0.25) is 0 Å². The number of aliphatic hydroxyl groups excluding tert-OH is 1. The van der Waals surface area contributed by atoms with Crippen molar-refractivity contribution in [1.82, 2.24) is 14.5 Å². The number of anilines is 1. The van der Waals surface area contributed by atoms with E-state index in [1.165, 1.54) is 17.9 Å². The molecule has 0 saturated carbocycles. The van der Waals surface area contributed by atoms with Gasteiger partial charge in [0.15, 0.2) is 12.4 Å². The molecule has 0 radical (unpaired) electrons. The molecule has 8 N–H and O–H groups in total. The van der Waals surface area contributed by atoms with Crippen molar-refractivity contribution < 1.29 is 64.8 Å². The fourth-order valence-corrected chi connectivity index (χ4v) is 5.51. The van der Waals surface area contributed by atoms with Gasteiger partial charge in [-0.05, 0) is 0 Å². The second-order valence-electron chi connectivity index (χ2n) is 7.09. The smallest absolute Gasteiger partial charge is 0.381 e. The summed E-state index contributed by atoms with van der Waals surface area (Å²) >= 11 is 0. The highest BCUT2D eigenvalue weighted by molar-refractivity contribution is 7.86. The minimum absolute atomic E-state index is 0.0628. The second-order valence-corrected chi connectivity index (χ2v) is 11.5. The van der Waals surface area contributed by atoms with Crippen molar-refractivity contribution in [3.8, 4) is 0 Å². The monoisotopic (exact) mass is 552 g/mol. The number of imidazole rings is 1. The van der Waals surface area contributed by atoms with Crippen molar-refractivity contribution in [3.05, 3.63) is 16.7 Å². The number of nitrogens with one attached hydrogen (secondary N) is 1. The predicted octanol–water partition coefficient (Wildman–Crippen LogP) is -3.72. The normalized spacial score (nSPS) is 27.8. The fourth-order valence-electron chi connectivity index (χ4n) is 3.23. The van der Waals surface area contributed by atoms with Gasteiger partial charge < -0.3 is 35.4 Å². The lowest BCUT2D eigenvalue weighted by molar-refractivity contribution is -0.746. The first-order valence-corrected chi connectivity index (χ1v) is 13.6. The van der Waals surface area contributed by atoms with Crippen LogP contribution in [0.15, 0.2) is 11.1 Å². The van der Waals surface area contributed by atoms with E-state index < -0.39 is 62.2 Å². The van der Waals surface area contributed by atoms with Crippen LogP contribution in [0.25, 0.3) is 11.2 Å². The van der Waals surface area contributed by atoms with Gasteiger partial charge in [-0.2, -0.15) is 12.7 Å². The van der Waals surface area contributed by atoms with Crippen LogP contribution in [0.1, 0.15) is 6.23 Å². The summed E-state index contributed by atoms with van der Waals surface area (Å²) in [6, 6.07) is 0. The van der Waals surface area contributed by atoms with Crippen LogP contribution in [0.3, 0.4) is 0 Å². The number of H-pyrrole nitrogens is 1. The van der Waals surface area contributed by atoms with Gasteiger partial charge in [0.2, 0.25) is 17.5 Å². The van der Waals surface area contributed by atoms with Crippen LogP contribution in [0.4, 0.5) is 5.95 Å². The van der Waals surface area contributed by atoms with E-state index in [0.717, 1.165) is 4.57 Å². The number of aliphatic hydroxyl groups is 2. The number of hydrogen-bond donors (Lipinski definition) is 7. The Bertz CT molecular complexity index is 1370. The highest BCUT2D eigenvalue weighted by Gasteiger charge is 2.61. The number of fused-ring (bicyclic) bond motifs is 1. The van der Waals surface area contributed by atoms with E-state index in [-0.39, 0.29) is 17.1 Å². The second kappa shape index (κ2) is 8.70. The average Bonchev–Trinajstić information content (AvgIpc) is 3.05. The van der Waals surface area contributed by atoms with Gasteiger partial charge in [-0.1, -0.05) is 4.98 Å². The molecule has 0 bridgehead atoms. The number of aromatic nitrogens is 4. The number of nitrogen functional groups attached to an aromatic ring is 1. The van der Waals surface area contributed by atoms with Gasteiger partial charge in [0.05, 0.1) is 19.9 Å². The van der Waals surface area contributed by atoms with Gasteiger partial charge in [0, 0.05) is 0 Å². The van der Waals surface area contributed by atoms with Crippen molar-refractivity contribution in [2.45, 2.75) is 24.2 Å². The van der Waals surface area contributed by atoms with E-state index >= 15 is 0 Å². The number of ether oxygens (including phenoxy) is 1. The first-order valence-electron chi connectivity index (χ1n) is 8.80. The molecule has 2 aromatic heterocycles. The Morgan fingerprint density at radius 2 is 2.00 bits per heavy atom. The molecule has 0 amide bonds. The lowest BCUT2D eigenvalue weighted by atomic mass is 10.1. The summed E-state index contributed by atoms with van der Waals surface area (Å²) in [7, 11) is -14.1. The SMILES string of the molecule is Cn1c[n+]([C@@H]2O[C@H](COP(=O)(O)OP(=O)(O)O)[C@](O)(OS(C)(=O)=O)[C@H]2O)c2nc(N)[nH]c(=O)c21. The number of nitrogens with zero attached hydrogens (tertiary/aromatic N) is 3. The highest BCUT2D eigenvalue weighted by Crippen LogP contribution is 2.58. The molecule has 0 aliphatic carbocycles. The van der Waals surface area contributed by atoms with E-state index in [4.69, 9.17) is 20.3 Å². The molecule has 34 heavy (non-hydrogen) atoms. The summed E-state index contributed by atoms with van der Waals surface area (Å²) in [5, 5.41) is 21.6. The summed E-state index contributed by atoms with van der Waals surface area (Å²) in [5.74, 6) is -3.48. The van der Waals surface area contributed by atoms with E-state index in [2.05, 4.69) is 23.0 Å². The summed E-state index contributed by atoms with van der Waals surface area (Å²) < 4.78 is 66.2. The Kier molecular flexibility index (Phi) is 6.86. The molecule has 0 spiro atoms. The molecule has 0 aromatic carbocycles. The zero-order chi connectivity index (χ0) is 25.9. The highest BCUT2D eigenvalue weighted by atomic mass is 32.2. The summed E-state index contributed by atoms with van der Waals surface area (Å²) in [6.45, 7) is -1.27. The predicted molar refractivity (Wildman–Crippen MR) is 106 cm³/mol. The van der Waals surface area contributed by atoms with Crippen LogP contribution < -0.4 is 15.9 Å². The van der Waals surface area contributed by atoms with E-state index in [9.17, 15) is 37.4 Å². The molecule has 1 saturated heterocycles. The van der Waals surface area contributed by atoms with Crippen molar-refractivity contribution in [2.24, 2.45) is 7.05 Å². The molecule has 22 heteroatoms. The molecule has 3 rings (SSSR count). The third-order valence-corrected chi connectivity index (χ3v) is 7.13. The fraction of sp³-hybridized carbons (Fsp3) is 0.583. The van der Waals surface area contributed by atoms with Crippen LogP contribution in [0.5, 0.6) is 0 Å². The molecule has 19 nitrogen and oxygen atoms in total. The van der Waals surface area contributed by atoms with E-state index in [1.807, 2.05) is 0 Å². The first-order chi connectivity index (χ1) is 15.3. The molecular formula is C12H20N5O14P2S+. The third-order valence-electron chi connectivity index (χ3n) is 4.41. The largest absolute Gasteiger partial charge is 0.481 e. The Morgan fingerprint density at radius 1 is 1.38 bits per heavy atom. The molecule has 1 aliphatic rings. The maximum atomic E-state index is 12.2. The number of hydrogen-bond acceptors (Lipinski definition) is 13. The molecule has 3 heterocycles. The van der Waals surface area contributed by atoms with E-state index in [1.54, 1.807) is 0 Å². The lowest BCUT2D eigenvalue weighted by Gasteiger charge is -2.28. The van der Waals surface area contributed by atoms with Crippen molar-refractivity contribution in [2.75, 3.05) is 18.6 Å². The number of rotatable bonds is 8. The summed E-state index contributed by atoms with van der Waals surface area (Å²) in [5.41, 5.74) is 4.62. The average molecular weight is 552 g/mol. The number of phosphoric acid groups is 2. The minimum atomic E-state index is -5.50. The number of phosphoric ester groups is 1. The molecule has 2 aromatic rings.